The number of nitrogens with zero attached hydrogens (tertiary/aromatic N) is 1. The predicted molar refractivity (Wildman–Crippen MR) is 209 cm³/mol. The highest BCUT2D eigenvalue weighted by molar-refractivity contribution is 7.80. The second-order valence-electron chi connectivity index (χ2n) is 13.4. The van der Waals surface area contributed by atoms with Gasteiger partial charge in [0.15, 0.2) is 5.96 Å². The molecule has 0 unspecified atom stereocenters. The van der Waals surface area contributed by atoms with Crippen molar-refractivity contribution in [2.24, 2.45) is 22.4 Å². The molecule has 52 heavy (non-hydrogen) atoms. The summed E-state index contributed by atoms with van der Waals surface area (Å²) in [5.74, 6) is -1.39. The third-order valence-corrected chi connectivity index (χ3v) is 9.69. The fraction of sp³-hybridized carbons (Fsp3) is 0.425. The molecule has 3 aromatic carbocycles. The summed E-state index contributed by atoms with van der Waals surface area (Å²) in [4.78, 5) is 58.0. The van der Waals surface area contributed by atoms with E-state index in [0.717, 1.165) is 47.9 Å². The summed E-state index contributed by atoms with van der Waals surface area (Å²) in [6, 6.07) is 24.7. The van der Waals surface area contributed by atoms with Gasteiger partial charge >= 0.3 is 0 Å². The summed E-state index contributed by atoms with van der Waals surface area (Å²) in [6.07, 6.45) is 7.22. The van der Waals surface area contributed by atoms with Crippen LogP contribution < -0.4 is 32.7 Å². The molecule has 0 saturated heterocycles. The van der Waals surface area contributed by atoms with Gasteiger partial charge in [-0.15, -0.1) is 0 Å². The molecule has 0 spiro atoms. The number of hydrogen-bond donors (Lipinski definition) is 7. The maximum Gasteiger partial charge on any atom is 0.244 e. The van der Waals surface area contributed by atoms with Gasteiger partial charge in [0.25, 0.3) is 0 Å². The molecule has 4 rings (SSSR count). The highest BCUT2D eigenvalue weighted by atomic mass is 32.1. The second kappa shape index (κ2) is 21.5. The van der Waals surface area contributed by atoms with Crippen molar-refractivity contribution < 1.29 is 19.2 Å². The minimum Gasteiger partial charge on any atom is -0.370 e. The Morgan fingerprint density at radius 2 is 1.33 bits per heavy atom. The lowest BCUT2D eigenvalue weighted by Gasteiger charge is -2.28. The number of carbonyl (C=O) groups is 4. The van der Waals surface area contributed by atoms with Crippen molar-refractivity contribution in [3.05, 3.63) is 96.1 Å². The number of nitrogens with one attached hydrogen (secondary N) is 4. The van der Waals surface area contributed by atoms with E-state index in [9.17, 15) is 19.2 Å². The molecular formula is C40H53N7O4S. The molecule has 0 aliphatic heterocycles. The largest absolute Gasteiger partial charge is 0.370 e. The zero-order valence-electron chi connectivity index (χ0n) is 29.8. The van der Waals surface area contributed by atoms with Crippen molar-refractivity contribution in [3.8, 4) is 11.1 Å². The molecule has 1 fully saturated rings. The van der Waals surface area contributed by atoms with Crippen LogP contribution in [0.2, 0.25) is 0 Å². The molecule has 8 N–H and O–H groups in total. The summed E-state index contributed by atoms with van der Waals surface area (Å²) in [7, 11) is 0. The van der Waals surface area contributed by atoms with Crippen molar-refractivity contribution in [2.75, 3.05) is 18.8 Å². The van der Waals surface area contributed by atoms with Gasteiger partial charge in [0.05, 0.1) is 6.42 Å². The number of hydrogen-bond acceptors (Lipinski definition) is 6. The van der Waals surface area contributed by atoms with Crippen molar-refractivity contribution in [3.63, 3.8) is 0 Å². The van der Waals surface area contributed by atoms with Crippen LogP contribution >= 0.6 is 12.6 Å². The van der Waals surface area contributed by atoms with Gasteiger partial charge in [0, 0.05) is 18.8 Å². The summed E-state index contributed by atoms with van der Waals surface area (Å²) < 4.78 is 0. The Labute approximate surface area is 312 Å². The van der Waals surface area contributed by atoms with Crippen LogP contribution in [-0.2, 0) is 32.0 Å². The van der Waals surface area contributed by atoms with Gasteiger partial charge in [-0.3, -0.25) is 24.2 Å². The summed E-state index contributed by atoms with van der Waals surface area (Å²) in [5.41, 5.74) is 15.0. The molecule has 11 nitrogen and oxygen atoms in total. The fourth-order valence-corrected chi connectivity index (χ4v) is 6.73. The lowest BCUT2D eigenvalue weighted by Crippen LogP contribution is -2.57. The smallest absolute Gasteiger partial charge is 0.244 e. The zero-order chi connectivity index (χ0) is 37.1. The Balaban J connectivity index is 1.39. The van der Waals surface area contributed by atoms with Gasteiger partial charge in [-0.1, -0.05) is 117 Å². The molecule has 1 aliphatic rings. The minimum absolute atomic E-state index is 0.0149. The van der Waals surface area contributed by atoms with E-state index in [1.807, 2.05) is 84.9 Å². The topological polar surface area (TPSA) is 181 Å². The standard InChI is InChI=1S/C40H53N7O4S/c41-40(42)44-23-10-17-33(38(50)47-34(25-29-13-6-2-7-14-29)37(49)43-24-22-28-11-4-1-5-12-28)46-39(51)35(27-52)45-36(48)26-30-18-20-32(21-19-30)31-15-8-3-9-16-31/h1,3-5,8-9,11-12,15-16,18-21,29,33-35,52H,2,6-7,10,13-14,17,22-27H2,(H,43,49)(H,45,48)(H,46,51)(H,47,50)(H4,41,42,44)/t33-,34+,35+/m1/s1. The molecule has 4 amide bonds. The molecule has 1 saturated carbocycles. The number of carbonyl (C=O) groups excluding carboxylic acids is 4. The summed E-state index contributed by atoms with van der Waals surface area (Å²) in [6.45, 7) is 0.683. The quantitative estimate of drug-likeness (QED) is 0.0429. The van der Waals surface area contributed by atoms with Crippen LogP contribution in [-0.4, -0.2) is 66.6 Å². The third-order valence-electron chi connectivity index (χ3n) is 9.32. The molecule has 3 aromatic rings. The number of amides is 4. The van der Waals surface area contributed by atoms with Crippen LogP contribution in [0.3, 0.4) is 0 Å². The number of aliphatic imine (C=N–C) groups is 1. The molecular weight excluding hydrogens is 675 g/mol. The Kier molecular flexibility index (Phi) is 16.5. The van der Waals surface area contributed by atoms with E-state index in [-0.39, 0.29) is 42.9 Å². The van der Waals surface area contributed by atoms with Crippen LogP contribution in [0.4, 0.5) is 0 Å². The van der Waals surface area contributed by atoms with Crippen molar-refractivity contribution in [2.45, 2.75) is 82.3 Å². The number of benzene rings is 3. The Bertz CT molecular complexity index is 1600. The van der Waals surface area contributed by atoms with Gasteiger partial charge in [0.1, 0.15) is 18.1 Å². The van der Waals surface area contributed by atoms with E-state index in [1.165, 1.54) is 6.42 Å². The van der Waals surface area contributed by atoms with E-state index >= 15 is 0 Å². The average molecular weight is 728 g/mol. The zero-order valence-corrected chi connectivity index (χ0v) is 30.7. The van der Waals surface area contributed by atoms with Crippen LogP contribution in [0.1, 0.15) is 62.5 Å². The lowest BCUT2D eigenvalue weighted by molar-refractivity contribution is -0.133. The minimum atomic E-state index is -1.00. The highest BCUT2D eigenvalue weighted by Crippen LogP contribution is 2.27. The Hall–Kier alpha value is -4.84. The SMILES string of the molecule is NC(N)=NCCC[C@@H](NC(=O)[C@H](CS)NC(=O)Cc1ccc(-c2ccccc2)cc1)C(=O)N[C@@H](CC1CCCCC1)C(=O)NCCc1ccccc1. The molecule has 278 valence electrons. The van der Waals surface area contributed by atoms with Gasteiger partial charge in [-0.05, 0) is 53.9 Å². The maximum atomic E-state index is 13.9. The fourth-order valence-electron chi connectivity index (χ4n) is 6.47. The number of rotatable bonds is 19. The number of thiol groups is 1. The third kappa shape index (κ3) is 13.7. The molecule has 3 atom stereocenters. The number of guanidine groups is 1. The number of nitrogens with two attached hydrogens (primary N) is 2. The lowest BCUT2D eigenvalue weighted by atomic mass is 9.84. The first-order valence-electron chi connectivity index (χ1n) is 18.2. The average Bonchev–Trinajstić information content (AvgIpc) is 3.16. The van der Waals surface area contributed by atoms with Crippen molar-refractivity contribution in [1.82, 2.24) is 21.3 Å². The Morgan fingerprint density at radius 3 is 1.98 bits per heavy atom. The first kappa shape index (κ1) is 39.9. The van der Waals surface area contributed by atoms with E-state index in [4.69, 9.17) is 11.5 Å². The van der Waals surface area contributed by atoms with Gasteiger partial charge in [0.2, 0.25) is 23.6 Å². The normalized spacial score (nSPS) is 14.6. The van der Waals surface area contributed by atoms with Crippen molar-refractivity contribution in [1.29, 1.82) is 0 Å². The van der Waals surface area contributed by atoms with E-state index in [2.05, 4.69) is 38.9 Å². The molecule has 0 heterocycles. The van der Waals surface area contributed by atoms with E-state index < -0.39 is 29.9 Å². The van der Waals surface area contributed by atoms with Gasteiger partial charge < -0.3 is 32.7 Å². The Morgan fingerprint density at radius 1 is 0.712 bits per heavy atom. The molecule has 0 radical (unpaired) electrons. The van der Waals surface area contributed by atoms with Crippen LogP contribution in [0.15, 0.2) is 89.9 Å². The van der Waals surface area contributed by atoms with E-state index in [0.29, 0.717) is 31.7 Å². The maximum absolute atomic E-state index is 13.9. The van der Waals surface area contributed by atoms with Crippen LogP contribution in [0.25, 0.3) is 11.1 Å². The molecule has 1 aliphatic carbocycles. The first-order chi connectivity index (χ1) is 25.2. The highest BCUT2D eigenvalue weighted by Gasteiger charge is 2.31. The molecule has 12 heteroatoms. The molecule has 0 aromatic heterocycles. The van der Waals surface area contributed by atoms with E-state index in [1.54, 1.807) is 0 Å². The first-order valence-corrected chi connectivity index (χ1v) is 18.9. The van der Waals surface area contributed by atoms with Gasteiger partial charge in [-0.2, -0.15) is 12.6 Å². The summed E-state index contributed by atoms with van der Waals surface area (Å²) >= 11 is 4.33. The van der Waals surface area contributed by atoms with Crippen LogP contribution in [0, 0.1) is 5.92 Å². The monoisotopic (exact) mass is 727 g/mol. The van der Waals surface area contributed by atoms with Crippen molar-refractivity contribution >= 4 is 42.2 Å². The predicted octanol–water partition coefficient (Wildman–Crippen LogP) is 3.66. The van der Waals surface area contributed by atoms with Crippen LogP contribution in [0.5, 0.6) is 0 Å². The van der Waals surface area contributed by atoms with Gasteiger partial charge in [-0.25, -0.2) is 0 Å². The second-order valence-corrected chi connectivity index (χ2v) is 13.7. The molecule has 0 bridgehead atoms. The summed E-state index contributed by atoms with van der Waals surface area (Å²) in [5, 5.41) is 11.5.